The van der Waals surface area contributed by atoms with E-state index in [1.165, 1.54) is 16.4 Å². The molecule has 0 saturated carbocycles. The van der Waals surface area contributed by atoms with Gasteiger partial charge >= 0.3 is 5.97 Å². The number of hydrogen-bond donors (Lipinski definition) is 1. The average molecular weight is 369 g/mol. The smallest absolute Gasteiger partial charge is 0.303 e. The fourth-order valence-corrected chi connectivity index (χ4v) is 4.52. The Bertz CT molecular complexity index is 613. The zero-order chi connectivity index (χ0) is 14.2. The quantitative estimate of drug-likeness (QED) is 0.884. The molecular weight excluding hydrogens is 358 g/mol. The highest BCUT2D eigenvalue weighted by atomic mass is 79.9. The van der Waals surface area contributed by atoms with Crippen LogP contribution in [0.25, 0.3) is 0 Å². The Balaban J connectivity index is 2.14. The lowest BCUT2D eigenvalue weighted by molar-refractivity contribution is -0.139. The van der Waals surface area contributed by atoms with Crippen molar-refractivity contribution in [3.63, 3.8) is 0 Å². The van der Waals surface area contributed by atoms with Crippen molar-refractivity contribution in [2.45, 2.75) is 11.3 Å². The van der Waals surface area contributed by atoms with Gasteiger partial charge in [0.1, 0.15) is 4.90 Å². The van der Waals surface area contributed by atoms with Gasteiger partial charge in [-0.3, -0.25) is 4.79 Å². The Kier molecular flexibility index (Phi) is 4.20. The Morgan fingerprint density at radius 1 is 1.47 bits per heavy atom. The first kappa shape index (κ1) is 14.8. The van der Waals surface area contributed by atoms with Crippen LogP contribution >= 0.6 is 27.5 Å². The van der Waals surface area contributed by atoms with E-state index in [4.69, 9.17) is 16.7 Å². The van der Waals surface area contributed by atoms with E-state index in [9.17, 15) is 13.2 Å². The number of hydrogen-bond acceptors (Lipinski definition) is 3. The van der Waals surface area contributed by atoms with Crippen molar-refractivity contribution in [2.24, 2.45) is 5.92 Å². The monoisotopic (exact) mass is 367 g/mol. The third-order valence-electron chi connectivity index (χ3n) is 2.90. The molecule has 104 valence electrons. The highest BCUT2D eigenvalue weighted by molar-refractivity contribution is 9.10. The first-order valence-corrected chi connectivity index (χ1v) is 8.09. The van der Waals surface area contributed by atoms with Crippen LogP contribution in [-0.2, 0) is 14.8 Å². The van der Waals surface area contributed by atoms with Crippen LogP contribution < -0.4 is 0 Å². The lowest BCUT2D eigenvalue weighted by atomic mass is 10.00. The van der Waals surface area contributed by atoms with Gasteiger partial charge in [0.2, 0.25) is 10.0 Å². The molecule has 0 amide bonds. The maximum atomic E-state index is 12.3. The molecule has 0 unspecified atom stereocenters. The minimum absolute atomic E-state index is 0.0138. The molecule has 0 atom stereocenters. The van der Waals surface area contributed by atoms with Gasteiger partial charge in [-0.25, -0.2) is 8.42 Å². The first-order chi connectivity index (χ1) is 8.80. The van der Waals surface area contributed by atoms with E-state index in [1.807, 2.05) is 0 Å². The lowest BCUT2D eigenvalue weighted by Crippen LogP contribution is -2.50. The summed E-state index contributed by atoms with van der Waals surface area (Å²) >= 11 is 9.14. The van der Waals surface area contributed by atoms with Gasteiger partial charge in [0.25, 0.3) is 0 Å². The van der Waals surface area contributed by atoms with Crippen LogP contribution in [0.1, 0.15) is 6.42 Å². The molecule has 0 aromatic heterocycles. The minimum Gasteiger partial charge on any atom is -0.481 e. The number of carboxylic acids is 1. The second-order valence-corrected chi connectivity index (χ2v) is 7.59. The SMILES string of the molecule is O=C(O)CC1CN(S(=O)(=O)c2ccc(Br)cc2Cl)C1. The molecule has 5 nitrogen and oxygen atoms in total. The van der Waals surface area contributed by atoms with Crippen LogP contribution in [0.3, 0.4) is 0 Å². The number of halogens is 2. The van der Waals surface area contributed by atoms with Crippen LogP contribution in [0.15, 0.2) is 27.6 Å². The fourth-order valence-electron chi connectivity index (χ4n) is 1.92. The molecule has 1 N–H and O–H groups in total. The molecule has 1 saturated heterocycles. The third kappa shape index (κ3) is 3.10. The van der Waals surface area contributed by atoms with Crippen molar-refractivity contribution in [3.8, 4) is 0 Å². The Morgan fingerprint density at radius 3 is 2.63 bits per heavy atom. The summed E-state index contributed by atoms with van der Waals surface area (Å²) in [6, 6.07) is 4.56. The van der Waals surface area contributed by atoms with Crippen molar-refractivity contribution in [1.82, 2.24) is 4.31 Å². The highest BCUT2D eigenvalue weighted by Crippen LogP contribution is 2.32. The van der Waals surface area contributed by atoms with Gasteiger partial charge in [-0.05, 0) is 24.1 Å². The van der Waals surface area contributed by atoms with E-state index in [0.717, 1.165) is 0 Å². The highest BCUT2D eigenvalue weighted by Gasteiger charge is 2.38. The zero-order valence-electron chi connectivity index (χ0n) is 9.71. The molecule has 0 radical (unpaired) electrons. The Morgan fingerprint density at radius 2 is 2.11 bits per heavy atom. The first-order valence-electron chi connectivity index (χ1n) is 5.47. The molecule has 2 rings (SSSR count). The second-order valence-electron chi connectivity index (χ2n) is 4.36. The summed E-state index contributed by atoms with van der Waals surface area (Å²) in [5, 5.41) is 8.78. The lowest BCUT2D eigenvalue weighted by Gasteiger charge is -2.37. The molecular formula is C11H11BrClNO4S. The summed E-state index contributed by atoms with van der Waals surface area (Å²) in [7, 11) is -3.63. The van der Waals surface area contributed by atoms with Crippen LogP contribution in [-0.4, -0.2) is 36.9 Å². The molecule has 0 spiro atoms. The number of sulfonamides is 1. The van der Waals surface area contributed by atoms with Gasteiger partial charge in [-0.1, -0.05) is 27.5 Å². The number of carboxylic acid groups (broad SMARTS) is 1. The largest absolute Gasteiger partial charge is 0.481 e. The predicted molar refractivity (Wildman–Crippen MR) is 73.7 cm³/mol. The summed E-state index contributed by atoms with van der Waals surface area (Å²) in [6.07, 6.45) is -0.0138. The van der Waals surface area contributed by atoms with Crippen LogP contribution in [0, 0.1) is 5.92 Å². The van der Waals surface area contributed by atoms with Crippen LogP contribution in [0.5, 0.6) is 0 Å². The standard InChI is InChI=1S/C11H11BrClNO4S/c12-8-1-2-10(9(13)4-8)19(17,18)14-5-7(6-14)3-11(15)16/h1-2,4,7H,3,5-6H2,(H,15,16). The third-order valence-corrected chi connectivity index (χ3v) is 5.71. The van der Waals surface area contributed by atoms with Crippen molar-refractivity contribution in [1.29, 1.82) is 0 Å². The van der Waals surface area contributed by atoms with E-state index in [0.29, 0.717) is 4.47 Å². The molecule has 8 heteroatoms. The number of benzene rings is 1. The number of nitrogens with zero attached hydrogens (tertiary/aromatic N) is 1. The van der Waals surface area contributed by atoms with E-state index in [2.05, 4.69) is 15.9 Å². The topological polar surface area (TPSA) is 74.7 Å². The summed E-state index contributed by atoms with van der Waals surface area (Å²) in [5.41, 5.74) is 0. The van der Waals surface area contributed by atoms with Gasteiger partial charge in [-0.15, -0.1) is 0 Å². The summed E-state index contributed by atoms with van der Waals surface area (Å²) in [6.45, 7) is 0.446. The Labute approximate surface area is 124 Å². The summed E-state index contributed by atoms with van der Waals surface area (Å²) in [4.78, 5) is 10.6. The molecule has 1 heterocycles. The van der Waals surface area contributed by atoms with Gasteiger partial charge in [0, 0.05) is 17.6 Å². The van der Waals surface area contributed by atoms with Gasteiger partial charge < -0.3 is 5.11 Å². The molecule has 1 fully saturated rings. The molecule has 1 aliphatic heterocycles. The molecule has 1 aromatic carbocycles. The molecule has 0 bridgehead atoms. The number of carbonyl (C=O) groups is 1. The maximum absolute atomic E-state index is 12.3. The van der Waals surface area contributed by atoms with E-state index >= 15 is 0 Å². The van der Waals surface area contributed by atoms with Crippen molar-refractivity contribution < 1.29 is 18.3 Å². The summed E-state index contributed by atoms with van der Waals surface area (Å²) < 4.78 is 26.5. The van der Waals surface area contributed by atoms with Gasteiger partial charge in [0.05, 0.1) is 11.4 Å². The summed E-state index contributed by atoms with van der Waals surface area (Å²) in [5.74, 6) is -1.04. The average Bonchev–Trinajstić information content (AvgIpc) is 2.21. The minimum atomic E-state index is -3.63. The van der Waals surface area contributed by atoms with Crippen LogP contribution in [0.2, 0.25) is 5.02 Å². The molecule has 1 aliphatic rings. The number of aliphatic carboxylic acids is 1. The molecule has 1 aromatic rings. The van der Waals surface area contributed by atoms with Crippen molar-refractivity contribution in [3.05, 3.63) is 27.7 Å². The number of rotatable bonds is 4. The zero-order valence-corrected chi connectivity index (χ0v) is 12.9. The van der Waals surface area contributed by atoms with E-state index in [-0.39, 0.29) is 35.3 Å². The van der Waals surface area contributed by atoms with Crippen molar-refractivity contribution >= 4 is 43.5 Å². The predicted octanol–water partition coefficient (Wildman–Crippen LogP) is 2.20. The fraction of sp³-hybridized carbons (Fsp3) is 0.364. The molecule has 19 heavy (non-hydrogen) atoms. The van der Waals surface area contributed by atoms with E-state index in [1.54, 1.807) is 6.07 Å². The maximum Gasteiger partial charge on any atom is 0.303 e. The van der Waals surface area contributed by atoms with Gasteiger partial charge in [-0.2, -0.15) is 4.31 Å². The van der Waals surface area contributed by atoms with Crippen LogP contribution in [0.4, 0.5) is 0 Å². The van der Waals surface area contributed by atoms with Gasteiger partial charge in [0.15, 0.2) is 0 Å². The Hall–Kier alpha value is -0.630. The molecule has 0 aliphatic carbocycles. The van der Waals surface area contributed by atoms with E-state index < -0.39 is 16.0 Å². The normalized spacial score (nSPS) is 17.2. The second kappa shape index (κ2) is 5.40. The van der Waals surface area contributed by atoms with Crippen molar-refractivity contribution in [2.75, 3.05) is 13.1 Å².